The van der Waals surface area contributed by atoms with Gasteiger partial charge in [0.1, 0.15) is 16.5 Å². The van der Waals surface area contributed by atoms with Crippen LogP contribution in [0.3, 0.4) is 0 Å². The van der Waals surface area contributed by atoms with Crippen molar-refractivity contribution in [2.24, 2.45) is 0 Å². The van der Waals surface area contributed by atoms with Crippen molar-refractivity contribution in [1.29, 1.82) is 0 Å². The summed E-state index contributed by atoms with van der Waals surface area (Å²) in [7, 11) is -2.29. The van der Waals surface area contributed by atoms with Crippen molar-refractivity contribution in [2.45, 2.75) is 23.8 Å². The van der Waals surface area contributed by atoms with E-state index in [9.17, 15) is 12.8 Å². The molecule has 1 saturated heterocycles. The van der Waals surface area contributed by atoms with Gasteiger partial charge in [0.05, 0.1) is 7.11 Å². The van der Waals surface area contributed by atoms with Gasteiger partial charge in [0.15, 0.2) is 9.84 Å². The molecule has 1 N–H and O–H groups in total. The number of benzene rings is 1. The molecule has 6 heteroatoms. The van der Waals surface area contributed by atoms with Gasteiger partial charge >= 0.3 is 0 Å². The molecule has 4 nitrogen and oxygen atoms in total. The summed E-state index contributed by atoms with van der Waals surface area (Å²) in [5, 5.41) is 3.24. The van der Waals surface area contributed by atoms with E-state index in [0.29, 0.717) is 0 Å². The summed E-state index contributed by atoms with van der Waals surface area (Å²) >= 11 is 0. The Balaban J connectivity index is 2.52. The molecular weight excluding hydrogens is 257 g/mol. The highest BCUT2D eigenvalue weighted by molar-refractivity contribution is 7.90. The molecule has 18 heavy (non-hydrogen) atoms. The summed E-state index contributed by atoms with van der Waals surface area (Å²) < 4.78 is 42.0. The number of halogens is 1. The highest BCUT2D eigenvalue weighted by Crippen LogP contribution is 2.33. The van der Waals surface area contributed by atoms with E-state index >= 15 is 0 Å². The second kappa shape index (κ2) is 4.85. The maximum Gasteiger partial charge on any atom is 0.182 e. The first-order chi connectivity index (χ1) is 8.43. The monoisotopic (exact) mass is 273 g/mol. The Hall–Kier alpha value is -1.14. The molecule has 1 aliphatic heterocycles. The average Bonchev–Trinajstić information content (AvgIpc) is 2.79. The summed E-state index contributed by atoms with van der Waals surface area (Å²) in [6.07, 6.45) is 2.92. The molecule has 0 aromatic heterocycles. The average molecular weight is 273 g/mol. The molecule has 1 aromatic rings. The van der Waals surface area contributed by atoms with E-state index in [1.54, 1.807) is 6.07 Å². The maximum atomic E-state index is 14.0. The van der Waals surface area contributed by atoms with E-state index in [1.165, 1.54) is 13.2 Å². The van der Waals surface area contributed by atoms with Crippen LogP contribution in [0.2, 0.25) is 0 Å². The first kappa shape index (κ1) is 13.3. The number of rotatable bonds is 3. The second-order valence-electron chi connectivity index (χ2n) is 4.46. The van der Waals surface area contributed by atoms with Crippen LogP contribution in [-0.2, 0) is 9.84 Å². The summed E-state index contributed by atoms with van der Waals surface area (Å²) in [5.74, 6) is -0.679. The van der Waals surface area contributed by atoms with Crippen molar-refractivity contribution >= 4 is 9.84 Å². The first-order valence-electron chi connectivity index (χ1n) is 5.74. The molecule has 0 bridgehead atoms. The van der Waals surface area contributed by atoms with E-state index in [2.05, 4.69) is 5.32 Å². The molecule has 2 rings (SSSR count). The van der Waals surface area contributed by atoms with E-state index in [1.807, 2.05) is 0 Å². The predicted molar refractivity (Wildman–Crippen MR) is 66.0 cm³/mol. The highest BCUT2D eigenvalue weighted by atomic mass is 32.2. The minimum atomic E-state index is -3.64. The van der Waals surface area contributed by atoms with Crippen molar-refractivity contribution in [3.05, 3.63) is 23.5 Å². The molecule has 0 amide bonds. The highest BCUT2D eigenvalue weighted by Gasteiger charge is 2.24. The smallest absolute Gasteiger partial charge is 0.182 e. The number of hydrogen-bond donors (Lipinski definition) is 1. The van der Waals surface area contributed by atoms with Crippen LogP contribution in [0.1, 0.15) is 24.4 Å². The van der Waals surface area contributed by atoms with Crippen molar-refractivity contribution < 1.29 is 17.5 Å². The third kappa shape index (κ3) is 2.49. The van der Waals surface area contributed by atoms with E-state index in [0.717, 1.165) is 31.2 Å². The van der Waals surface area contributed by atoms with Crippen LogP contribution < -0.4 is 10.1 Å². The fourth-order valence-electron chi connectivity index (χ4n) is 2.27. The van der Waals surface area contributed by atoms with Crippen LogP contribution in [0.4, 0.5) is 4.39 Å². The lowest BCUT2D eigenvalue weighted by Gasteiger charge is -2.15. The van der Waals surface area contributed by atoms with Gasteiger partial charge in [-0.25, -0.2) is 12.8 Å². The van der Waals surface area contributed by atoms with Crippen molar-refractivity contribution in [3.8, 4) is 5.75 Å². The van der Waals surface area contributed by atoms with Gasteiger partial charge < -0.3 is 10.1 Å². The largest absolute Gasteiger partial charge is 0.495 e. The van der Waals surface area contributed by atoms with Crippen LogP contribution >= 0.6 is 0 Å². The summed E-state index contributed by atoms with van der Waals surface area (Å²) in [6.45, 7) is 0.891. The molecule has 0 radical (unpaired) electrons. The number of methoxy groups -OCH3 is 1. The van der Waals surface area contributed by atoms with E-state index < -0.39 is 15.7 Å². The normalized spacial score (nSPS) is 20.1. The van der Waals surface area contributed by atoms with Gasteiger partial charge in [-0.1, -0.05) is 0 Å². The van der Waals surface area contributed by atoms with E-state index in [4.69, 9.17) is 4.74 Å². The Labute approximate surface area is 106 Å². The van der Waals surface area contributed by atoms with Crippen molar-refractivity contribution in [3.63, 3.8) is 0 Å². The molecule has 1 fully saturated rings. The molecule has 1 unspecified atom stereocenters. The molecule has 0 spiro atoms. The fraction of sp³-hybridized carbons (Fsp3) is 0.500. The Morgan fingerprint density at radius 2 is 2.17 bits per heavy atom. The quantitative estimate of drug-likeness (QED) is 0.910. The number of ether oxygens (including phenoxy) is 1. The van der Waals surface area contributed by atoms with Gasteiger partial charge in [-0.3, -0.25) is 0 Å². The first-order valence-corrected chi connectivity index (χ1v) is 7.63. The molecule has 1 aliphatic rings. The third-order valence-corrected chi connectivity index (χ3v) is 4.22. The molecule has 0 saturated carbocycles. The molecule has 1 heterocycles. The van der Waals surface area contributed by atoms with Crippen LogP contribution in [0.25, 0.3) is 0 Å². The lowest BCUT2D eigenvalue weighted by atomic mass is 10.0. The van der Waals surface area contributed by atoms with Crippen LogP contribution in [0, 0.1) is 5.82 Å². The molecule has 100 valence electrons. The SMILES string of the molecule is COc1cc(C2CCCN2)cc(F)c1S(C)(=O)=O. The van der Waals surface area contributed by atoms with Gasteiger partial charge in [-0.05, 0) is 37.1 Å². The van der Waals surface area contributed by atoms with E-state index in [-0.39, 0.29) is 16.7 Å². The minimum absolute atomic E-state index is 0.0706. The van der Waals surface area contributed by atoms with Gasteiger partial charge in [-0.2, -0.15) is 0 Å². The zero-order valence-corrected chi connectivity index (χ0v) is 11.2. The lowest BCUT2D eigenvalue weighted by Crippen LogP contribution is -2.14. The Morgan fingerprint density at radius 1 is 1.44 bits per heavy atom. The number of hydrogen-bond acceptors (Lipinski definition) is 4. The van der Waals surface area contributed by atoms with Crippen LogP contribution in [-0.4, -0.2) is 28.3 Å². The van der Waals surface area contributed by atoms with Crippen molar-refractivity contribution in [2.75, 3.05) is 19.9 Å². The molecular formula is C12H16FNO3S. The minimum Gasteiger partial charge on any atom is -0.495 e. The zero-order chi connectivity index (χ0) is 13.3. The Morgan fingerprint density at radius 3 is 2.67 bits per heavy atom. The third-order valence-electron chi connectivity index (χ3n) is 3.09. The van der Waals surface area contributed by atoms with Crippen molar-refractivity contribution in [1.82, 2.24) is 5.32 Å². The maximum absolute atomic E-state index is 14.0. The molecule has 1 aromatic carbocycles. The van der Waals surface area contributed by atoms with Crippen LogP contribution in [0.5, 0.6) is 5.75 Å². The predicted octanol–water partition coefficient (Wildman–Crippen LogP) is 1.66. The van der Waals surface area contributed by atoms with Crippen LogP contribution in [0.15, 0.2) is 17.0 Å². The number of nitrogens with one attached hydrogen (secondary N) is 1. The topological polar surface area (TPSA) is 55.4 Å². The molecule has 1 atom stereocenters. The molecule has 0 aliphatic carbocycles. The van der Waals surface area contributed by atoms with Gasteiger partial charge in [0.2, 0.25) is 0 Å². The lowest BCUT2D eigenvalue weighted by molar-refractivity contribution is 0.393. The summed E-state index contributed by atoms with van der Waals surface area (Å²) in [4.78, 5) is -0.369. The second-order valence-corrected chi connectivity index (χ2v) is 6.41. The van der Waals surface area contributed by atoms with Gasteiger partial charge in [-0.15, -0.1) is 0 Å². The standard InChI is InChI=1S/C12H16FNO3S/c1-17-11-7-8(10-4-3-5-14-10)6-9(13)12(11)18(2,15)16/h6-7,10,14H,3-5H2,1-2H3. The summed E-state index contributed by atoms with van der Waals surface area (Å²) in [6, 6.07) is 2.95. The zero-order valence-electron chi connectivity index (χ0n) is 10.4. The Bertz CT molecular complexity index is 551. The fourth-order valence-corrected chi connectivity index (χ4v) is 3.19. The number of sulfone groups is 1. The summed E-state index contributed by atoms with van der Waals surface area (Å²) in [5.41, 5.74) is 0.731. The Kier molecular flexibility index (Phi) is 3.59. The van der Waals surface area contributed by atoms with Gasteiger partial charge in [0, 0.05) is 12.3 Å². The van der Waals surface area contributed by atoms with Gasteiger partial charge in [0.25, 0.3) is 0 Å².